The van der Waals surface area contributed by atoms with Crippen molar-refractivity contribution in [3.8, 4) is 0 Å². The Morgan fingerprint density at radius 2 is 1.67 bits per heavy atom. The fourth-order valence-corrected chi connectivity index (χ4v) is 4.21. The van der Waals surface area contributed by atoms with E-state index in [1.807, 2.05) is 12.1 Å². The summed E-state index contributed by atoms with van der Waals surface area (Å²) in [6, 6.07) is 6.34. The molecule has 0 spiro atoms. The van der Waals surface area contributed by atoms with Gasteiger partial charge in [-0.2, -0.15) is 0 Å². The van der Waals surface area contributed by atoms with E-state index in [1.54, 1.807) is 0 Å². The third-order valence-electron chi connectivity index (χ3n) is 5.39. The number of halogens is 3. The molecule has 1 aromatic rings. The van der Waals surface area contributed by atoms with E-state index >= 15 is 0 Å². The molecule has 6 heteroatoms. The molecule has 0 atom stereocenters. The minimum Gasteiger partial charge on any atom is -0.368 e. The van der Waals surface area contributed by atoms with Crippen LogP contribution in [0.5, 0.6) is 0 Å². The van der Waals surface area contributed by atoms with Gasteiger partial charge in [0, 0.05) is 32.2 Å². The quantitative estimate of drug-likeness (QED) is 0.822. The Hall–Kier alpha value is -0.190. The van der Waals surface area contributed by atoms with Crippen molar-refractivity contribution < 1.29 is 0 Å². The molecule has 0 amide bonds. The number of nitrogens with zero attached hydrogens (tertiary/aromatic N) is 2. The first-order chi connectivity index (χ1) is 11.1. The molecule has 0 aromatic heterocycles. The second-order valence-corrected chi connectivity index (χ2v) is 7.76. The number of rotatable bonds is 4. The van der Waals surface area contributed by atoms with E-state index < -0.39 is 0 Å². The predicted molar refractivity (Wildman–Crippen MR) is 107 cm³/mol. The van der Waals surface area contributed by atoms with E-state index in [0.29, 0.717) is 16.1 Å². The molecule has 1 heterocycles. The van der Waals surface area contributed by atoms with Gasteiger partial charge in [0.15, 0.2) is 0 Å². The Labute approximate surface area is 161 Å². The molecule has 2 fully saturated rings. The molecular weight excluding hydrogens is 365 g/mol. The van der Waals surface area contributed by atoms with Gasteiger partial charge in [-0.25, -0.2) is 0 Å². The third-order valence-corrected chi connectivity index (χ3v) is 6.20. The van der Waals surface area contributed by atoms with Crippen molar-refractivity contribution in [2.45, 2.75) is 38.1 Å². The zero-order valence-electron chi connectivity index (χ0n) is 14.1. The van der Waals surface area contributed by atoms with E-state index in [-0.39, 0.29) is 12.4 Å². The number of hydrogen-bond donors (Lipinski definition) is 1. The van der Waals surface area contributed by atoms with Crippen LogP contribution in [0.2, 0.25) is 10.0 Å². The summed E-state index contributed by atoms with van der Waals surface area (Å²) in [5.41, 5.74) is 7.06. The average Bonchev–Trinajstić information content (AvgIpc) is 2.57. The van der Waals surface area contributed by atoms with Crippen molar-refractivity contribution in [3.63, 3.8) is 0 Å². The van der Waals surface area contributed by atoms with Crippen molar-refractivity contribution in [1.29, 1.82) is 0 Å². The zero-order chi connectivity index (χ0) is 16.2. The van der Waals surface area contributed by atoms with Crippen LogP contribution in [-0.2, 0) is 0 Å². The molecule has 2 aliphatic rings. The minimum atomic E-state index is 0. The molecule has 1 aliphatic heterocycles. The molecule has 1 saturated heterocycles. The minimum absolute atomic E-state index is 0. The van der Waals surface area contributed by atoms with E-state index in [4.69, 9.17) is 28.9 Å². The molecule has 0 radical (unpaired) electrons. The van der Waals surface area contributed by atoms with Crippen LogP contribution in [0.1, 0.15) is 32.1 Å². The summed E-state index contributed by atoms with van der Waals surface area (Å²) in [7, 11) is 0. The van der Waals surface area contributed by atoms with E-state index in [9.17, 15) is 0 Å². The third kappa shape index (κ3) is 5.15. The highest BCUT2D eigenvalue weighted by Gasteiger charge is 2.22. The molecule has 1 aromatic carbocycles. The van der Waals surface area contributed by atoms with Crippen LogP contribution in [0.3, 0.4) is 0 Å². The normalized spacial score (nSPS) is 25.4. The van der Waals surface area contributed by atoms with Crippen molar-refractivity contribution in [3.05, 3.63) is 28.2 Å². The van der Waals surface area contributed by atoms with Gasteiger partial charge in [0.25, 0.3) is 0 Å². The maximum atomic E-state index is 6.34. The van der Waals surface area contributed by atoms with Crippen LogP contribution in [0, 0.1) is 5.92 Å². The summed E-state index contributed by atoms with van der Waals surface area (Å²) >= 11 is 12.5. The van der Waals surface area contributed by atoms with Gasteiger partial charge in [0.2, 0.25) is 0 Å². The van der Waals surface area contributed by atoms with E-state index in [1.165, 1.54) is 38.6 Å². The van der Waals surface area contributed by atoms with Crippen LogP contribution >= 0.6 is 35.6 Å². The van der Waals surface area contributed by atoms with Crippen LogP contribution in [0.25, 0.3) is 0 Å². The summed E-state index contributed by atoms with van der Waals surface area (Å²) in [5.74, 6) is 0.884. The highest BCUT2D eigenvalue weighted by molar-refractivity contribution is 6.43. The number of hydrogen-bond acceptors (Lipinski definition) is 3. The lowest BCUT2D eigenvalue weighted by Crippen LogP contribution is -2.47. The molecule has 3 nitrogen and oxygen atoms in total. The lowest BCUT2D eigenvalue weighted by Gasteiger charge is -2.37. The van der Waals surface area contributed by atoms with E-state index in [0.717, 1.165) is 37.8 Å². The van der Waals surface area contributed by atoms with Gasteiger partial charge in [0.1, 0.15) is 0 Å². The highest BCUT2D eigenvalue weighted by atomic mass is 35.5. The smallest absolute Gasteiger partial charge is 0.0825 e. The first-order valence-corrected chi connectivity index (χ1v) is 9.56. The fourth-order valence-electron chi connectivity index (χ4n) is 3.79. The molecule has 1 aliphatic carbocycles. The van der Waals surface area contributed by atoms with Gasteiger partial charge < -0.3 is 10.6 Å². The number of anilines is 1. The van der Waals surface area contributed by atoms with Crippen molar-refractivity contribution >= 4 is 41.3 Å². The average molecular weight is 393 g/mol. The molecule has 2 N–H and O–H groups in total. The molecule has 3 rings (SSSR count). The van der Waals surface area contributed by atoms with E-state index in [2.05, 4.69) is 15.9 Å². The Balaban J connectivity index is 0.00000208. The van der Waals surface area contributed by atoms with Gasteiger partial charge in [0.05, 0.1) is 15.7 Å². The summed E-state index contributed by atoms with van der Waals surface area (Å²) in [5, 5.41) is 1.32. The molecular formula is C18H28Cl3N3. The van der Waals surface area contributed by atoms with Crippen LogP contribution in [0.4, 0.5) is 5.69 Å². The predicted octanol–water partition coefficient (Wildman–Crippen LogP) is 4.44. The molecule has 0 bridgehead atoms. The standard InChI is InChI=1S/C18H27Cl2N3.ClH/c19-16-2-1-3-17(18(16)20)23-12-10-22(11-13-23)9-8-14-4-6-15(21)7-5-14;/h1-3,14-15H,4-13,21H2;1H/t14-,15-;. The lowest BCUT2D eigenvalue weighted by molar-refractivity contribution is 0.217. The monoisotopic (exact) mass is 391 g/mol. The number of nitrogens with two attached hydrogens (primary N) is 1. The second kappa shape index (κ2) is 9.49. The van der Waals surface area contributed by atoms with Gasteiger partial charge in [-0.3, -0.25) is 4.90 Å². The van der Waals surface area contributed by atoms with Crippen LogP contribution in [-0.4, -0.2) is 43.7 Å². The maximum absolute atomic E-state index is 6.34. The van der Waals surface area contributed by atoms with Gasteiger partial charge in [-0.05, 0) is 56.7 Å². The van der Waals surface area contributed by atoms with Crippen molar-refractivity contribution in [2.24, 2.45) is 11.7 Å². The van der Waals surface area contributed by atoms with Gasteiger partial charge >= 0.3 is 0 Å². The second-order valence-electron chi connectivity index (χ2n) is 6.97. The summed E-state index contributed by atoms with van der Waals surface area (Å²) in [6.07, 6.45) is 6.39. The van der Waals surface area contributed by atoms with Crippen molar-refractivity contribution in [2.75, 3.05) is 37.6 Å². The summed E-state index contributed by atoms with van der Waals surface area (Å²) in [4.78, 5) is 4.94. The highest BCUT2D eigenvalue weighted by Crippen LogP contribution is 2.33. The SMILES string of the molecule is Cl.N[C@H]1CC[C@H](CCN2CCN(c3cccc(Cl)c3Cl)CC2)CC1. The molecule has 136 valence electrons. The Kier molecular flexibility index (Phi) is 7.96. The zero-order valence-corrected chi connectivity index (χ0v) is 16.4. The Bertz CT molecular complexity index is 510. The van der Waals surface area contributed by atoms with Crippen LogP contribution in [0.15, 0.2) is 18.2 Å². The number of benzene rings is 1. The Morgan fingerprint density at radius 1 is 1.00 bits per heavy atom. The van der Waals surface area contributed by atoms with Gasteiger partial charge in [-0.15, -0.1) is 12.4 Å². The topological polar surface area (TPSA) is 32.5 Å². The maximum Gasteiger partial charge on any atom is 0.0825 e. The lowest BCUT2D eigenvalue weighted by atomic mass is 9.84. The molecule has 0 unspecified atom stereocenters. The summed E-state index contributed by atoms with van der Waals surface area (Å²) in [6.45, 7) is 5.48. The fraction of sp³-hybridized carbons (Fsp3) is 0.667. The molecule has 24 heavy (non-hydrogen) atoms. The largest absolute Gasteiger partial charge is 0.368 e. The Morgan fingerprint density at radius 3 is 2.33 bits per heavy atom. The first-order valence-electron chi connectivity index (χ1n) is 8.80. The van der Waals surface area contributed by atoms with Crippen molar-refractivity contribution in [1.82, 2.24) is 4.90 Å². The first kappa shape index (κ1) is 20.1. The molecule has 1 saturated carbocycles. The number of piperazine rings is 1. The van der Waals surface area contributed by atoms with Gasteiger partial charge in [-0.1, -0.05) is 29.3 Å². The van der Waals surface area contributed by atoms with Crippen LogP contribution < -0.4 is 10.6 Å². The summed E-state index contributed by atoms with van der Waals surface area (Å²) < 4.78 is 0.